The molecule has 0 radical (unpaired) electrons. The van der Waals surface area contributed by atoms with Gasteiger partial charge in [0.1, 0.15) is 0 Å². The van der Waals surface area contributed by atoms with Crippen molar-refractivity contribution in [2.45, 2.75) is 63.1 Å². The maximum atomic E-state index is 10.8. The number of aliphatic hydroxyl groups excluding tert-OH is 1. The van der Waals surface area contributed by atoms with Crippen LogP contribution in [0.4, 0.5) is 0 Å². The molecule has 15 heavy (non-hydrogen) atoms. The fraction of sp³-hybridized carbons (Fsp3) is 1.00. The van der Waals surface area contributed by atoms with Crippen LogP contribution in [0.5, 0.6) is 0 Å². The van der Waals surface area contributed by atoms with E-state index >= 15 is 0 Å². The summed E-state index contributed by atoms with van der Waals surface area (Å²) in [6, 6.07) is 0. The van der Waals surface area contributed by atoms with Gasteiger partial charge in [-0.1, -0.05) is 19.3 Å². The molecule has 0 spiro atoms. The van der Waals surface area contributed by atoms with Crippen LogP contribution in [0.2, 0.25) is 0 Å². The van der Waals surface area contributed by atoms with Crippen LogP contribution in [0, 0.1) is 17.8 Å². The first-order chi connectivity index (χ1) is 7.22. The molecule has 3 rings (SSSR count). The molecule has 2 bridgehead atoms. The van der Waals surface area contributed by atoms with Gasteiger partial charge >= 0.3 is 0 Å². The third-order valence-corrected chi connectivity index (χ3v) is 5.30. The minimum Gasteiger partial charge on any atom is -0.392 e. The Morgan fingerprint density at radius 1 is 1.00 bits per heavy atom. The second kappa shape index (κ2) is 3.46. The zero-order valence-corrected chi connectivity index (χ0v) is 9.36. The lowest BCUT2D eigenvalue weighted by atomic mass is 9.54. The van der Waals surface area contributed by atoms with Crippen LogP contribution in [0.25, 0.3) is 0 Å². The van der Waals surface area contributed by atoms with Crippen LogP contribution in [-0.2, 0) is 0 Å². The lowest BCUT2D eigenvalue weighted by molar-refractivity contribution is -0.191. The lowest BCUT2D eigenvalue weighted by Gasteiger charge is -2.55. The Balaban J connectivity index is 1.90. The molecule has 0 unspecified atom stereocenters. The molecule has 0 aromatic carbocycles. The van der Waals surface area contributed by atoms with Crippen LogP contribution in [0.1, 0.15) is 51.4 Å². The molecular formula is C13H22O2. The van der Waals surface area contributed by atoms with Gasteiger partial charge in [0.05, 0.1) is 11.7 Å². The van der Waals surface area contributed by atoms with E-state index < -0.39 is 5.60 Å². The van der Waals surface area contributed by atoms with Crippen LogP contribution >= 0.6 is 0 Å². The second-order valence-electron chi connectivity index (χ2n) is 5.96. The standard InChI is InChI=1S/C13H22O2/c14-12-9-4-3-6-11(12)13(15)7-2-1-5-10(13)8-9/h9-12,14-15H,1-8H2/t9-,10-,11-,12-,13-/m0/s1. The Labute approximate surface area is 91.7 Å². The molecule has 3 saturated carbocycles. The highest BCUT2D eigenvalue weighted by molar-refractivity contribution is 5.05. The molecule has 2 N–H and O–H groups in total. The van der Waals surface area contributed by atoms with Crippen LogP contribution in [-0.4, -0.2) is 21.9 Å². The molecule has 0 aromatic rings. The van der Waals surface area contributed by atoms with E-state index in [2.05, 4.69) is 0 Å². The average molecular weight is 210 g/mol. The van der Waals surface area contributed by atoms with E-state index in [0.29, 0.717) is 11.8 Å². The van der Waals surface area contributed by atoms with Gasteiger partial charge in [-0.3, -0.25) is 0 Å². The normalized spacial score (nSPS) is 54.8. The molecule has 0 saturated heterocycles. The maximum Gasteiger partial charge on any atom is 0.0728 e. The topological polar surface area (TPSA) is 40.5 Å². The zero-order chi connectivity index (χ0) is 10.5. The average Bonchev–Trinajstić information content (AvgIpc) is 2.21. The molecule has 0 aliphatic heterocycles. The fourth-order valence-corrected chi connectivity index (χ4v) is 4.50. The number of aliphatic hydroxyl groups is 2. The number of hydrogen-bond acceptors (Lipinski definition) is 2. The summed E-state index contributed by atoms with van der Waals surface area (Å²) in [5.41, 5.74) is -0.505. The first-order valence-corrected chi connectivity index (χ1v) is 6.62. The van der Waals surface area contributed by atoms with Gasteiger partial charge in [-0.15, -0.1) is 0 Å². The summed E-state index contributed by atoms with van der Waals surface area (Å²) in [6.45, 7) is 0. The Hall–Kier alpha value is -0.0800. The van der Waals surface area contributed by atoms with E-state index in [9.17, 15) is 10.2 Å². The summed E-state index contributed by atoms with van der Waals surface area (Å²) in [4.78, 5) is 0. The first kappa shape index (κ1) is 10.1. The first-order valence-electron chi connectivity index (χ1n) is 6.62. The summed E-state index contributed by atoms with van der Waals surface area (Å²) < 4.78 is 0. The molecule has 2 heteroatoms. The minimum atomic E-state index is -0.505. The third kappa shape index (κ3) is 1.38. The van der Waals surface area contributed by atoms with E-state index in [0.717, 1.165) is 25.7 Å². The van der Waals surface area contributed by atoms with Crippen molar-refractivity contribution in [2.24, 2.45) is 17.8 Å². The molecule has 3 fully saturated rings. The highest BCUT2D eigenvalue weighted by Gasteiger charge is 2.54. The van der Waals surface area contributed by atoms with Crippen LogP contribution in [0.15, 0.2) is 0 Å². The van der Waals surface area contributed by atoms with Crippen molar-refractivity contribution < 1.29 is 10.2 Å². The highest BCUT2D eigenvalue weighted by Crippen LogP contribution is 2.53. The quantitative estimate of drug-likeness (QED) is 0.642. The van der Waals surface area contributed by atoms with Gasteiger partial charge in [0.25, 0.3) is 0 Å². The summed E-state index contributed by atoms with van der Waals surface area (Å²) >= 11 is 0. The van der Waals surface area contributed by atoms with Crippen molar-refractivity contribution >= 4 is 0 Å². The largest absolute Gasteiger partial charge is 0.392 e. The zero-order valence-electron chi connectivity index (χ0n) is 9.36. The summed E-state index contributed by atoms with van der Waals surface area (Å²) in [7, 11) is 0. The molecule has 0 amide bonds. The smallest absolute Gasteiger partial charge is 0.0728 e. The van der Waals surface area contributed by atoms with Gasteiger partial charge in [-0.2, -0.15) is 0 Å². The summed E-state index contributed by atoms with van der Waals surface area (Å²) in [6.07, 6.45) is 8.87. The van der Waals surface area contributed by atoms with Gasteiger partial charge in [-0.05, 0) is 43.9 Å². The SMILES string of the molecule is O[C@H]1[C@H]2CCC[C@@H]1[C@]1(O)CCCC[C@H]1C2. The Bertz CT molecular complexity index is 253. The van der Waals surface area contributed by atoms with E-state index in [4.69, 9.17) is 0 Å². The predicted octanol–water partition coefficient (Wildman–Crippen LogP) is 2.09. The van der Waals surface area contributed by atoms with Crippen LogP contribution in [0.3, 0.4) is 0 Å². The molecule has 0 aromatic heterocycles. The van der Waals surface area contributed by atoms with Gasteiger partial charge in [0.2, 0.25) is 0 Å². The second-order valence-corrected chi connectivity index (χ2v) is 5.96. The van der Waals surface area contributed by atoms with Crippen molar-refractivity contribution in [3.63, 3.8) is 0 Å². The summed E-state index contributed by atoms with van der Waals surface area (Å²) in [5, 5.41) is 21.0. The summed E-state index contributed by atoms with van der Waals surface area (Å²) in [5.74, 6) is 1.17. The Morgan fingerprint density at radius 2 is 1.87 bits per heavy atom. The number of hydrogen-bond donors (Lipinski definition) is 2. The van der Waals surface area contributed by atoms with E-state index in [1.165, 1.54) is 25.7 Å². The number of fused-ring (bicyclic) bond motifs is 4. The van der Waals surface area contributed by atoms with Crippen LogP contribution < -0.4 is 0 Å². The molecule has 86 valence electrons. The maximum absolute atomic E-state index is 10.8. The van der Waals surface area contributed by atoms with Crippen molar-refractivity contribution in [1.82, 2.24) is 0 Å². The Morgan fingerprint density at radius 3 is 2.73 bits per heavy atom. The minimum absolute atomic E-state index is 0.190. The molecule has 0 heterocycles. The monoisotopic (exact) mass is 210 g/mol. The van der Waals surface area contributed by atoms with E-state index in [-0.39, 0.29) is 12.0 Å². The third-order valence-electron chi connectivity index (χ3n) is 5.30. The number of rotatable bonds is 0. The van der Waals surface area contributed by atoms with Crippen molar-refractivity contribution in [2.75, 3.05) is 0 Å². The highest BCUT2D eigenvalue weighted by atomic mass is 16.3. The molecule has 3 aliphatic rings. The van der Waals surface area contributed by atoms with Crippen molar-refractivity contribution in [3.8, 4) is 0 Å². The van der Waals surface area contributed by atoms with Gasteiger partial charge in [0.15, 0.2) is 0 Å². The molecule has 2 nitrogen and oxygen atoms in total. The lowest BCUT2D eigenvalue weighted by Crippen LogP contribution is -2.59. The van der Waals surface area contributed by atoms with Crippen molar-refractivity contribution in [1.29, 1.82) is 0 Å². The molecule has 5 atom stereocenters. The van der Waals surface area contributed by atoms with E-state index in [1.807, 2.05) is 0 Å². The van der Waals surface area contributed by atoms with E-state index in [1.54, 1.807) is 0 Å². The Kier molecular flexibility index (Phi) is 2.33. The van der Waals surface area contributed by atoms with Crippen molar-refractivity contribution in [3.05, 3.63) is 0 Å². The molecule has 3 aliphatic carbocycles. The van der Waals surface area contributed by atoms with Gasteiger partial charge < -0.3 is 10.2 Å². The fourth-order valence-electron chi connectivity index (χ4n) is 4.50. The van der Waals surface area contributed by atoms with Gasteiger partial charge in [-0.25, -0.2) is 0 Å². The predicted molar refractivity (Wildman–Crippen MR) is 58.4 cm³/mol. The molecular weight excluding hydrogens is 188 g/mol. The van der Waals surface area contributed by atoms with Gasteiger partial charge in [0, 0.05) is 5.92 Å².